The number of halogens is 1. The summed E-state index contributed by atoms with van der Waals surface area (Å²) in [4.78, 5) is 60.8. The molecule has 5 unspecified atom stereocenters. The van der Waals surface area contributed by atoms with Gasteiger partial charge in [-0.25, -0.2) is 18.5 Å². The minimum absolute atomic E-state index is 0.382. The molecule has 1 aliphatic heterocycles. The number of H-pyrrole nitrogens is 1. The molecule has 0 amide bonds. The fraction of sp³-hybridized carbons (Fsp3) is 0.500. The van der Waals surface area contributed by atoms with E-state index in [0.29, 0.717) is 10.8 Å². The van der Waals surface area contributed by atoms with Crippen molar-refractivity contribution in [1.29, 1.82) is 0 Å². The fourth-order valence-electron chi connectivity index (χ4n) is 2.78. The molecular formula is C12H17FN3O14P3. The second-order valence-electron chi connectivity index (χ2n) is 6.52. The normalized spacial score (nSPS) is 30.2. The van der Waals surface area contributed by atoms with Gasteiger partial charge < -0.3 is 35.2 Å². The number of phosphoric ester groups is 1. The summed E-state index contributed by atoms with van der Waals surface area (Å²) < 4.78 is 65.1. The van der Waals surface area contributed by atoms with Crippen LogP contribution in [0.25, 0.3) is 0 Å². The van der Waals surface area contributed by atoms with Gasteiger partial charge in [-0.3, -0.25) is 18.9 Å². The van der Waals surface area contributed by atoms with Crippen molar-refractivity contribution in [2.75, 3.05) is 0 Å². The van der Waals surface area contributed by atoms with Crippen LogP contribution in [0, 0.1) is 18.2 Å². The average Bonchev–Trinajstić information content (AvgIpc) is 2.87. The number of hydrogen-bond acceptors (Lipinski definition) is 11. The third-order valence-electron chi connectivity index (χ3n) is 4.10. The molecule has 17 nitrogen and oxygen atoms in total. The molecule has 0 aromatic carbocycles. The zero-order valence-electron chi connectivity index (χ0n) is 16.1. The highest BCUT2D eigenvalue weighted by molar-refractivity contribution is 7.66. The van der Waals surface area contributed by atoms with Crippen LogP contribution in [-0.4, -0.2) is 58.1 Å². The third kappa shape index (κ3) is 6.32. The molecule has 0 spiro atoms. The minimum atomic E-state index is -5.83. The van der Waals surface area contributed by atoms with Gasteiger partial charge in [0, 0.05) is 0 Å². The summed E-state index contributed by atoms with van der Waals surface area (Å²) in [5.74, 6) is 0.483. The summed E-state index contributed by atoms with van der Waals surface area (Å²) in [6.07, 6.45) is -1.71. The minimum Gasteiger partial charge on any atom is -0.387 e. The first-order chi connectivity index (χ1) is 14.8. The highest BCUT2D eigenvalue weighted by atomic mass is 31.3. The van der Waals surface area contributed by atoms with Crippen LogP contribution < -0.4 is 17.0 Å². The number of nitrogens with zero attached hydrogens (tertiary/aromatic N) is 1. The number of rotatable bonds is 8. The first kappa shape index (κ1) is 27.7. The number of terminal acetylenes is 1. The van der Waals surface area contributed by atoms with Crippen molar-refractivity contribution < 1.29 is 60.6 Å². The van der Waals surface area contributed by atoms with Crippen LogP contribution in [0.1, 0.15) is 13.2 Å². The standard InChI is InChI=1S/C12H17FN3O14P3/c1-3-12(14)8(17)7(27-10(12)16-4-6(13)9(18)15-11(16)19)5(2)28-32(23,24)30-33(25,26)29-31(20,21)22/h1,4-5,7-8,10,17H,14H2,2H3,(H,23,24)(H,25,26)(H,15,18,19)(H2,20,21,22)/t5?,7-,8?,10-,12?/m1/s1. The Morgan fingerprint density at radius 3 is 2.36 bits per heavy atom. The topological polar surface area (TPSA) is 270 Å². The van der Waals surface area contributed by atoms with Crippen molar-refractivity contribution in [1.82, 2.24) is 9.55 Å². The second-order valence-corrected chi connectivity index (χ2v) is 10.9. The molecule has 1 fully saturated rings. The summed E-state index contributed by atoms with van der Waals surface area (Å²) >= 11 is 0. The molecule has 0 radical (unpaired) electrons. The van der Waals surface area contributed by atoms with Gasteiger partial charge >= 0.3 is 29.2 Å². The summed E-state index contributed by atoms with van der Waals surface area (Å²) in [6.45, 7) is 0.946. The van der Waals surface area contributed by atoms with Crippen molar-refractivity contribution >= 4 is 23.5 Å². The van der Waals surface area contributed by atoms with E-state index in [0.717, 1.165) is 6.92 Å². The molecule has 1 aliphatic rings. The lowest BCUT2D eigenvalue weighted by atomic mass is 9.90. The Morgan fingerprint density at radius 1 is 1.27 bits per heavy atom. The molecule has 0 bridgehead atoms. The van der Waals surface area contributed by atoms with Crippen LogP contribution in [0.4, 0.5) is 4.39 Å². The van der Waals surface area contributed by atoms with Crippen LogP contribution in [0.15, 0.2) is 15.8 Å². The van der Waals surface area contributed by atoms with Crippen molar-refractivity contribution in [3.8, 4) is 12.3 Å². The van der Waals surface area contributed by atoms with Gasteiger partial charge in [0.15, 0.2) is 11.8 Å². The van der Waals surface area contributed by atoms with Gasteiger partial charge in [-0.1, -0.05) is 5.92 Å². The van der Waals surface area contributed by atoms with E-state index in [4.69, 9.17) is 26.7 Å². The molecule has 33 heavy (non-hydrogen) atoms. The predicted molar refractivity (Wildman–Crippen MR) is 101 cm³/mol. The first-order valence-corrected chi connectivity index (χ1v) is 12.8. The molecule has 8 N–H and O–H groups in total. The van der Waals surface area contributed by atoms with Gasteiger partial charge in [0.1, 0.15) is 12.2 Å². The van der Waals surface area contributed by atoms with Gasteiger partial charge in [-0.2, -0.15) is 13.0 Å². The Bertz CT molecular complexity index is 1220. The maximum atomic E-state index is 13.7. The van der Waals surface area contributed by atoms with Gasteiger partial charge in [0.25, 0.3) is 5.56 Å². The van der Waals surface area contributed by atoms with Crippen molar-refractivity contribution in [3.63, 3.8) is 0 Å². The van der Waals surface area contributed by atoms with E-state index in [1.165, 1.54) is 0 Å². The maximum Gasteiger partial charge on any atom is 0.490 e. The molecule has 2 heterocycles. The number of phosphoric acid groups is 3. The number of nitrogens with two attached hydrogens (primary N) is 1. The smallest absolute Gasteiger partial charge is 0.387 e. The Labute approximate surface area is 182 Å². The van der Waals surface area contributed by atoms with Gasteiger partial charge in [-0.05, 0) is 6.92 Å². The van der Waals surface area contributed by atoms with E-state index >= 15 is 0 Å². The zero-order chi connectivity index (χ0) is 25.6. The zero-order valence-corrected chi connectivity index (χ0v) is 18.8. The van der Waals surface area contributed by atoms with Crippen LogP contribution in [0.3, 0.4) is 0 Å². The first-order valence-electron chi connectivity index (χ1n) is 8.25. The second kappa shape index (κ2) is 9.25. The van der Waals surface area contributed by atoms with Crippen LogP contribution in [-0.2, 0) is 31.6 Å². The lowest BCUT2D eigenvalue weighted by Crippen LogP contribution is -2.55. The molecular weight excluding hydrogens is 522 g/mol. The fourth-order valence-corrected chi connectivity index (χ4v) is 5.98. The number of aliphatic hydroxyl groups excluding tert-OH is 1. The summed E-state index contributed by atoms with van der Waals surface area (Å²) in [7, 11) is -17.1. The van der Waals surface area contributed by atoms with Gasteiger partial charge in [0.2, 0.25) is 5.82 Å². The van der Waals surface area contributed by atoms with E-state index in [1.807, 2.05) is 5.92 Å². The molecule has 1 aromatic rings. The molecule has 0 aliphatic carbocycles. The van der Waals surface area contributed by atoms with Crippen molar-refractivity contribution in [2.45, 2.75) is 37.0 Å². The predicted octanol–water partition coefficient (Wildman–Crippen LogP) is -2.00. The molecule has 1 aromatic heterocycles. The van der Waals surface area contributed by atoms with Crippen molar-refractivity contribution in [2.24, 2.45) is 5.73 Å². The van der Waals surface area contributed by atoms with Crippen LogP contribution in [0.2, 0.25) is 0 Å². The Hall–Kier alpha value is -1.54. The lowest BCUT2D eigenvalue weighted by Gasteiger charge is -2.28. The van der Waals surface area contributed by atoms with E-state index in [2.05, 4.69) is 13.1 Å². The monoisotopic (exact) mass is 539 g/mol. The third-order valence-corrected chi connectivity index (χ3v) is 8.03. The summed E-state index contributed by atoms with van der Waals surface area (Å²) in [5.41, 5.74) is 0.980. The van der Waals surface area contributed by atoms with Crippen LogP contribution in [0.5, 0.6) is 0 Å². The Kier molecular flexibility index (Phi) is 7.77. The van der Waals surface area contributed by atoms with Crippen LogP contribution >= 0.6 is 23.5 Å². The van der Waals surface area contributed by atoms with E-state index in [9.17, 15) is 42.6 Å². The maximum absolute atomic E-state index is 13.7. The SMILES string of the molecule is C#CC1(N)C(O)[C@@H](C(C)OP(=O)(O)OP(=O)(O)OP(=O)(O)O)O[C@H]1n1cc(F)c(=O)[nH]c1=O. The molecule has 0 saturated carbocycles. The molecule has 186 valence electrons. The number of aliphatic hydroxyl groups is 1. The number of aromatic amines is 1. The van der Waals surface area contributed by atoms with Gasteiger partial charge in [0.05, 0.1) is 12.3 Å². The average molecular weight is 539 g/mol. The quantitative estimate of drug-likeness (QED) is 0.139. The van der Waals surface area contributed by atoms with Gasteiger partial charge in [-0.15, -0.1) is 6.42 Å². The Morgan fingerprint density at radius 2 is 1.85 bits per heavy atom. The number of ether oxygens (including phenoxy) is 1. The van der Waals surface area contributed by atoms with E-state index in [-0.39, 0.29) is 0 Å². The number of hydrogen-bond donors (Lipinski definition) is 7. The highest BCUT2D eigenvalue weighted by Gasteiger charge is 2.57. The largest absolute Gasteiger partial charge is 0.490 e. The van der Waals surface area contributed by atoms with E-state index < -0.39 is 70.6 Å². The number of nitrogens with one attached hydrogen (secondary N) is 1. The molecule has 2 rings (SSSR count). The Balaban J connectivity index is 2.31. The highest BCUT2D eigenvalue weighted by Crippen LogP contribution is 2.66. The van der Waals surface area contributed by atoms with E-state index in [1.54, 1.807) is 4.98 Å². The molecule has 1 saturated heterocycles. The summed E-state index contributed by atoms with van der Waals surface area (Å²) in [6, 6.07) is 0. The molecule has 7 atom stereocenters. The van der Waals surface area contributed by atoms with Crippen molar-refractivity contribution in [3.05, 3.63) is 32.9 Å². The number of aromatic nitrogens is 2. The lowest BCUT2D eigenvalue weighted by molar-refractivity contribution is -0.0757. The molecule has 21 heteroatoms. The summed E-state index contributed by atoms with van der Waals surface area (Å²) in [5, 5.41) is 10.5.